The summed E-state index contributed by atoms with van der Waals surface area (Å²) in [6.07, 6.45) is 0. The first-order valence-corrected chi connectivity index (χ1v) is 11.8. The molecule has 30 heteroatoms. The molecular formula is C17H28Cr2N4Na3O19S2-2. The van der Waals surface area contributed by atoms with Crippen molar-refractivity contribution in [3.63, 3.8) is 0 Å². The predicted octanol–water partition coefficient (Wildman–Crippen LogP) is -6.05. The van der Waals surface area contributed by atoms with Crippen molar-refractivity contribution in [3.05, 3.63) is 62.7 Å². The van der Waals surface area contributed by atoms with Gasteiger partial charge in [-0.25, -0.2) is 8.42 Å². The zero-order valence-electron chi connectivity index (χ0n) is 24.3. The number of nitrogens with zero attached hydrogens (tertiary/aromatic N) is 2. The molecule has 0 atom stereocenters. The molecule has 23 nitrogen and oxygen atoms in total. The molecule has 0 saturated carbocycles. The molecule has 3 rings (SSSR count). The van der Waals surface area contributed by atoms with E-state index in [4.69, 9.17) is 15.4 Å². The number of anilines is 2. The Bertz CT molecular complexity index is 1580. The molecule has 0 unspecified atom stereocenters. The number of aromatic hydroxyl groups is 1. The fourth-order valence-corrected chi connectivity index (χ4v) is 3.47. The van der Waals surface area contributed by atoms with Gasteiger partial charge in [-0.15, -0.1) is 0 Å². The molecule has 0 bridgehead atoms. The molecule has 0 saturated heterocycles. The minimum atomic E-state index is -4.49. The van der Waals surface area contributed by atoms with Gasteiger partial charge < -0.3 is 64.1 Å². The maximum absolute atomic E-state index is 11.8. The van der Waals surface area contributed by atoms with Crippen molar-refractivity contribution >= 4 is 142 Å². The third-order valence-corrected chi connectivity index (χ3v) is 5.48. The van der Waals surface area contributed by atoms with Crippen molar-refractivity contribution < 1.29 is 119 Å². The van der Waals surface area contributed by atoms with Crippen molar-refractivity contribution in [3.8, 4) is 11.5 Å². The van der Waals surface area contributed by atoms with Crippen molar-refractivity contribution in [2.24, 2.45) is 0 Å². The molecule has 3 radical (unpaired) electrons. The van der Waals surface area contributed by atoms with Crippen LogP contribution < -0.4 is 16.2 Å². The van der Waals surface area contributed by atoms with E-state index in [0.717, 1.165) is 18.2 Å². The second kappa shape index (κ2) is 31.5. The van der Waals surface area contributed by atoms with Gasteiger partial charge in [0.05, 0.1) is 26.5 Å². The van der Waals surface area contributed by atoms with Crippen LogP contribution in [0, 0.1) is 20.2 Å². The molecule has 3 aromatic rings. The Balaban J connectivity index is -0.0000000508. The van der Waals surface area contributed by atoms with Crippen LogP contribution in [-0.4, -0.2) is 174 Å². The molecule has 0 heterocycles. The first-order valence-electron chi connectivity index (χ1n) is 8.80. The van der Waals surface area contributed by atoms with Crippen LogP contribution in [0.15, 0.2) is 47.4 Å². The largest absolute Gasteiger partial charge is 0.872 e. The van der Waals surface area contributed by atoms with Gasteiger partial charge in [-0.2, -0.15) is 8.42 Å². The van der Waals surface area contributed by atoms with Gasteiger partial charge in [0.25, 0.3) is 15.8 Å². The third kappa shape index (κ3) is 23.5. The summed E-state index contributed by atoms with van der Waals surface area (Å²) in [4.78, 5) is 18.3. The topological polar surface area (TPSA) is 500 Å². The Hall–Kier alpha value is -0.475. The van der Waals surface area contributed by atoms with Gasteiger partial charge in [0.1, 0.15) is 16.0 Å². The number of phenols is 1. The number of hydrogen-bond donors (Lipinski definition) is 4. The Morgan fingerprint density at radius 3 is 1.64 bits per heavy atom. The van der Waals surface area contributed by atoms with Gasteiger partial charge in [0, 0.05) is 135 Å². The molecular weight excluding hydrogens is 801 g/mol. The summed E-state index contributed by atoms with van der Waals surface area (Å²) in [5.74, 6) is -2.26. The molecule has 259 valence electrons. The third-order valence-electron chi connectivity index (χ3n) is 4.15. The van der Waals surface area contributed by atoms with E-state index < -0.39 is 69.4 Å². The molecule has 0 aliphatic carbocycles. The maximum Gasteiger partial charge on any atom is 0.319 e. The number of phenolic OH excluding ortho intramolecular Hbond substituents is 1. The van der Waals surface area contributed by atoms with E-state index in [0.29, 0.717) is 6.07 Å². The van der Waals surface area contributed by atoms with Crippen LogP contribution in [0.3, 0.4) is 0 Å². The number of fused-ring (bicyclic) bond motifs is 1. The smallest absolute Gasteiger partial charge is 0.319 e. The Morgan fingerprint density at radius 1 is 0.787 bits per heavy atom. The van der Waals surface area contributed by atoms with Crippen molar-refractivity contribution in [2.75, 3.05) is 16.9 Å². The van der Waals surface area contributed by atoms with E-state index in [1.165, 1.54) is 18.2 Å². The number of nitrogens with two attached hydrogens (primary N) is 1. The van der Waals surface area contributed by atoms with Crippen LogP contribution in [0.4, 0.5) is 22.7 Å². The molecule has 47 heavy (non-hydrogen) atoms. The summed E-state index contributed by atoms with van der Waals surface area (Å²) in [5, 5.41) is 44.2. The summed E-state index contributed by atoms with van der Waals surface area (Å²) in [6, 6.07) is 7.39. The van der Waals surface area contributed by atoms with E-state index in [9.17, 15) is 46.7 Å². The summed E-state index contributed by atoms with van der Waals surface area (Å²) in [7, 11) is -8.96. The van der Waals surface area contributed by atoms with Crippen molar-refractivity contribution in [2.45, 2.75) is 4.90 Å². The zero-order valence-corrected chi connectivity index (χ0v) is 34.5. The van der Waals surface area contributed by atoms with E-state index in [1.54, 1.807) is 0 Å². The monoisotopic (exact) mass is 829 g/mol. The molecule has 0 aromatic heterocycles. The average Bonchev–Trinajstić information content (AvgIpc) is 2.73. The van der Waals surface area contributed by atoms with E-state index in [1.807, 2.05) is 0 Å². The summed E-state index contributed by atoms with van der Waals surface area (Å²) >= 11 is 0. The minimum Gasteiger partial charge on any atom is -0.872 e. The number of rotatable bonds is 6. The fraction of sp³-hybridized carbons (Fsp3) is 0.0588. The first-order chi connectivity index (χ1) is 16.0. The standard InChI is InChI=1S/C11H11NO7S2.C6H5N3O5.2Cr.3Na.7H2O/c13-11-5-9(21(17,18)19)3-7-1-2-8(4-10(7)11)12-6-20(14,15)16;7-4-1-3(8(11)12)2-5(6(4)10)9(13)14;;;;;;;;;;;;/h1-5,12-13H,6H2,(H,14,15,16)(H,17,18,19);1-2,10H,7H2;;;;;;7*1H2/p-2. The van der Waals surface area contributed by atoms with Gasteiger partial charge >= 0.3 is 5.69 Å². The maximum atomic E-state index is 11.8. The van der Waals surface area contributed by atoms with Crippen LogP contribution in [0.5, 0.6) is 11.5 Å². The number of nitrogens with one attached hydrogen (secondary N) is 1. The van der Waals surface area contributed by atoms with E-state index >= 15 is 0 Å². The number of non-ortho nitro benzene ring substituents is 1. The number of nitro benzene ring substituents is 2. The van der Waals surface area contributed by atoms with E-state index in [2.05, 4.69) is 5.32 Å². The average molecular weight is 830 g/mol. The van der Waals surface area contributed by atoms with Gasteiger partial charge in [0.15, 0.2) is 0 Å². The molecule has 0 amide bonds. The number of benzene rings is 3. The van der Waals surface area contributed by atoms with Crippen molar-refractivity contribution in [1.29, 1.82) is 0 Å². The summed E-state index contributed by atoms with van der Waals surface area (Å²) in [5.41, 5.74) is 3.65. The molecule has 19 N–H and O–H groups in total. The normalized spacial score (nSPS) is 8.47. The van der Waals surface area contributed by atoms with Gasteiger partial charge in [-0.3, -0.25) is 24.8 Å². The summed E-state index contributed by atoms with van der Waals surface area (Å²) in [6.45, 7) is 0. The zero-order chi connectivity index (χ0) is 26.7. The minimum absolute atomic E-state index is 0. The fourth-order valence-electron chi connectivity index (χ4n) is 2.60. The number of nitro groups is 2. The Morgan fingerprint density at radius 2 is 1.26 bits per heavy atom. The number of nitrogen functional groups attached to an aromatic ring is 1. The van der Waals surface area contributed by atoms with Crippen LogP contribution in [-0.2, 0) is 55.0 Å². The quantitative estimate of drug-likeness (QED) is 0.0449. The molecule has 0 spiro atoms. The van der Waals surface area contributed by atoms with Gasteiger partial charge in [-0.05, 0) is 35.0 Å². The molecule has 0 aliphatic heterocycles. The molecule has 0 aliphatic rings. The molecule has 3 aromatic carbocycles. The second-order valence-electron chi connectivity index (χ2n) is 6.63. The SMILES string of the molecule is Nc1cc([N+](=O)[O-])cc([N+](=O)[O-])c1O.O.O.O.O.O.O.O.O=S(=O)([O-])CNc1ccc2cc(S(=O)(=O)O)cc([O-])c2c1.[Cr].[Cr].[Na].[Na].[Na]. The Kier molecular flexibility index (Phi) is 51.2. The van der Waals surface area contributed by atoms with Crippen LogP contribution in [0.25, 0.3) is 10.8 Å². The number of hydrogen-bond acceptors (Lipinski definition) is 13. The van der Waals surface area contributed by atoms with Crippen LogP contribution >= 0.6 is 0 Å². The van der Waals surface area contributed by atoms with E-state index in [-0.39, 0.29) is 178 Å². The summed E-state index contributed by atoms with van der Waals surface area (Å²) < 4.78 is 62.5. The van der Waals surface area contributed by atoms with Gasteiger partial charge in [-0.1, -0.05) is 11.8 Å². The first kappa shape index (κ1) is 76.4. The van der Waals surface area contributed by atoms with Crippen LogP contribution in [0.2, 0.25) is 0 Å². The second-order valence-corrected chi connectivity index (χ2v) is 9.45. The Labute approximate surface area is 353 Å². The van der Waals surface area contributed by atoms with Gasteiger partial charge in [0.2, 0.25) is 5.75 Å². The van der Waals surface area contributed by atoms with Crippen molar-refractivity contribution in [1.82, 2.24) is 0 Å². The predicted molar refractivity (Wildman–Crippen MR) is 160 cm³/mol. The van der Waals surface area contributed by atoms with Crippen LogP contribution in [0.1, 0.15) is 0 Å². The molecule has 0 fully saturated rings.